The molecule has 5 nitrogen and oxygen atoms in total. The molecule has 0 spiro atoms. The van der Waals surface area contributed by atoms with Crippen molar-refractivity contribution in [3.63, 3.8) is 0 Å². The molecule has 2 aromatic rings. The molecule has 1 aliphatic rings. The lowest BCUT2D eigenvalue weighted by atomic mass is 10.1. The van der Waals surface area contributed by atoms with Crippen molar-refractivity contribution in [2.45, 2.75) is 31.6 Å². The molecule has 1 aromatic carbocycles. The van der Waals surface area contributed by atoms with Crippen LogP contribution in [-0.4, -0.2) is 20.2 Å². The minimum absolute atomic E-state index is 0.111. The molecule has 1 aliphatic carbocycles. The van der Waals surface area contributed by atoms with Gasteiger partial charge in [0.1, 0.15) is 5.82 Å². The van der Waals surface area contributed by atoms with Crippen LogP contribution < -0.4 is 5.73 Å². The van der Waals surface area contributed by atoms with Crippen molar-refractivity contribution in [1.29, 1.82) is 0 Å². The summed E-state index contributed by atoms with van der Waals surface area (Å²) in [5.41, 5.74) is 6.39. The van der Waals surface area contributed by atoms with Crippen LogP contribution in [0.25, 0.3) is 5.69 Å². The fourth-order valence-electron chi connectivity index (χ4n) is 2.48. The third kappa shape index (κ3) is 1.83. The van der Waals surface area contributed by atoms with Gasteiger partial charge < -0.3 is 5.73 Å². The first-order chi connectivity index (χ1) is 8.75. The summed E-state index contributed by atoms with van der Waals surface area (Å²) >= 11 is 0. The lowest BCUT2D eigenvalue weighted by Crippen LogP contribution is -2.07. The lowest BCUT2D eigenvalue weighted by molar-refractivity contribution is 0.625. The van der Waals surface area contributed by atoms with Crippen LogP contribution in [0.15, 0.2) is 18.2 Å². The molecule has 2 N–H and O–H groups in total. The molecule has 0 unspecified atom stereocenters. The van der Waals surface area contributed by atoms with Gasteiger partial charge in [-0.25, -0.2) is 4.39 Å². The second-order valence-corrected chi connectivity index (χ2v) is 4.64. The number of tetrazole rings is 1. The van der Waals surface area contributed by atoms with Crippen LogP contribution in [-0.2, 0) is 0 Å². The number of anilines is 1. The van der Waals surface area contributed by atoms with Crippen LogP contribution in [0.2, 0.25) is 0 Å². The Kier molecular flexibility index (Phi) is 2.70. The predicted octanol–water partition coefficient (Wildman–Crippen LogP) is 2.04. The van der Waals surface area contributed by atoms with E-state index in [9.17, 15) is 4.39 Å². The fraction of sp³-hybridized carbons (Fsp3) is 0.417. The van der Waals surface area contributed by atoms with Crippen molar-refractivity contribution in [1.82, 2.24) is 20.2 Å². The van der Waals surface area contributed by atoms with E-state index >= 15 is 0 Å². The minimum Gasteiger partial charge on any atom is -0.396 e. The van der Waals surface area contributed by atoms with E-state index in [1.165, 1.54) is 18.9 Å². The van der Waals surface area contributed by atoms with Gasteiger partial charge in [0.05, 0.1) is 11.4 Å². The summed E-state index contributed by atoms with van der Waals surface area (Å²) in [6.45, 7) is 0. The summed E-state index contributed by atoms with van der Waals surface area (Å²) in [6.07, 6.45) is 4.64. The van der Waals surface area contributed by atoms with Crippen LogP contribution in [0.5, 0.6) is 0 Å². The number of nitrogens with zero attached hydrogens (tertiary/aromatic N) is 4. The Bertz CT molecular complexity index is 559. The largest absolute Gasteiger partial charge is 0.396 e. The first-order valence-corrected chi connectivity index (χ1v) is 6.09. The highest BCUT2D eigenvalue weighted by atomic mass is 19.1. The van der Waals surface area contributed by atoms with Crippen LogP contribution >= 0.6 is 0 Å². The van der Waals surface area contributed by atoms with Crippen LogP contribution in [0.3, 0.4) is 0 Å². The molecule has 6 heteroatoms. The van der Waals surface area contributed by atoms with Crippen molar-refractivity contribution < 1.29 is 4.39 Å². The molecule has 1 aromatic heterocycles. The second-order valence-electron chi connectivity index (χ2n) is 4.64. The smallest absolute Gasteiger partial charge is 0.159 e. The van der Waals surface area contributed by atoms with E-state index in [1.807, 2.05) is 0 Å². The minimum atomic E-state index is -0.422. The number of rotatable bonds is 2. The van der Waals surface area contributed by atoms with Crippen LogP contribution in [0.1, 0.15) is 37.4 Å². The maximum Gasteiger partial charge on any atom is 0.159 e. The molecule has 1 heterocycles. The maximum absolute atomic E-state index is 13.2. The number of hydrogen-bond donors (Lipinski definition) is 1. The Hall–Kier alpha value is -1.98. The van der Waals surface area contributed by atoms with Gasteiger partial charge in [0, 0.05) is 5.92 Å². The molecule has 94 valence electrons. The Labute approximate surface area is 104 Å². The van der Waals surface area contributed by atoms with Crippen LogP contribution in [0, 0.1) is 5.82 Å². The van der Waals surface area contributed by atoms with E-state index in [4.69, 9.17) is 5.73 Å². The number of nitrogens with two attached hydrogens (primary N) is 1. The van der Waals surface area contributed by atoms with Crippen molar-refractivity contribution in [2.24, 2.45) is 0 Å². The first kappa shape index (κ1) is 11.1. The van der Waals surface area contributed by atoms with Gasteiger partial charge >= 0.3 is 0 Å². The highest BCUT2D eigenvalue weighted by Gasteiger charge is 2.23. The molecule has 0 radical (unpaired) electrons. The van der Waals surface area contributed by atoms with Gasteiger partial charge in [0.2, 0.25) is 0 Å². The monoisotopic (exact) mass is 247 g/mol. The van der Waals surface area contributed by atoms with Crippen molar-refractivity contribution in [2.75, 3.05) is 5.73 Å². The highest BCUT2D eigenvalue weighted by Crippen LogP contribution is 2.33. The molecule has 1 saturated carbocycles. The summed E-state index contributed by atoms with van der Waals surface area (Å²) in [5.74, 6) is 0.819. The van der Waals surface area contributed by atoms with Gasteiger partial charge in [0.25, 0.3) is 0 Å². The van der Waals surface area contributed by atoms with Crippen molar-refractivity contribution in [3.05, 3.63) is 29.8 Å². The van der Waals surface area contributed by atoms with Crippen LogP contribution in [0.4, 0.5) is 10.1 Å². The van der Waals surface area contributed by atoms with E-state index in [0.29, 0.717) is 11.6 Å². The Morgan fingerprint density at radius 3 is 2.78 bits per heavy atom. The Morgan fingerprint density at radius 2 is 2.06 bits per heavy atom. The summed E-state index contributed by atoms with van der Waals surface area (Å²) in [6, 6.07) is 4.54. The molecule has 0 aliphatic heterocycles. The number of hydrogen-bond acceptors (Lipinski definition) is 4. The van der Waals surface area contributed by atoms with E-state index in [2.05, 4.69) is 15.5 Å². The molecule has 18 heavy (non-hydrogen) atoms. The molecule has 1 fully saturated rings. The third-order valence-corrected chi connectivity index (χ3v) is 3.44. The molecule has 0 saturated heterocycles. The quantitative estimate of drug-likeness (QED) is 0.824. The average molecular weight is 247 g/mol. The summed E-state index contributed by atoms with van der Waals surface area (Å²) < 4.78 is 14.8. The SMILES string of the molecule is Nc1cc(-n2nnnc2C2CCCC2)ccc1F. The number of benzene rings is 1. The zero-order chi connectivity index (χ0) is 12.5. The van der Waals surface area contributed by atoms with E-state index < -0.39 is 5.82 Å². The maximum atomic E-state index is 13.2. The first-order valence-electron chi connectivity index (χ1n) is 6.09. The Morgan fingerprint density at radius 1 is 1.28 bits per heavy atom. The number of halogens is 1. The highest BCUT2D eigenvalue weighted by molar-refractivity contribution is 5.48. The topological polar surface area (TPSA) is 69.6 Å². The molecular formula is C12H14FN5. The van der Waals surface area contributed by atoms with E-state index in [0.717, 1.165) is 18.7 Å². The van der Waals surface area contributed by atoms with E-state index in [1.54, 1.807) is 16.8 Å². The van der Waals surface area contributed by atoms with Gasteiger partial charge in [-0.15, -0.1) is 5.10 Å². The summed E-state index contributed by atoms with van der Waals surface area (Å²) in [4.78, 5) is 0. The summed E-state index contributed by atoms with van der Waals surface area (Å²) in [5, 5.41) is 11.8. The molecule has 0 bridgehead atoms. The Balaban J connectivity index is 2.00. The molecule has 0 atom stereocenters. The van der Waals surface area contributed by atoms with E-state index in [-0.39, 0.29) is 5.69 Å². The average Bonchev–Trinajstić information content (AvgIpc) is 3.00. The fourth-order valence-corrected chi connectivity index (χ4v) is 2.48. The van der Waals surface area contributed by atoms with Gasteiger partial charge in [0.15, 0.2) is 5.82 Å². The molecule has 0 amide bonds. The van der Waals surface area contributed by atoms with Gasteiger partial charge in [-0.3, -0.25) is 0 Å². The zero-order valence-corrected chi connectivity index (χ0v) is 9.88. The zero-order valence-electron chi connectivity index (χ0n) is 9.88. The van der Waals surface area contributed by atoms with Crippen molar-refractivity contribution >= 4 is 5.69 Å². The normalized spacial score (nSPS) is 16.3. The summed E-state index contributed by atoms with van der Waals surface area (Å²) in [7, 11) is 0. The molecule has 3 rings (SSSR count). The third-order valence-electron chi connectivity index (χ3n) is 3.44. The molecular weight excluding hydrogens is 233 g/mol. The second kappa shape index (κ2) is 4.36. The van der Waals surface area contributed by atoms with Gasteiger partial charge in [-0.05, 0) is 41.5 Å². The predicted molar refractivity (Wildman–Crippen MR) is 64.7 cm³/mol. The standard InChI is InChI=1S/C12H14FN5/c13-10-6-5-9(7-11(10)14)18-12(15-16-17-18)8-3-1-2-4-8/h5-8H,1-4,14H2. The number of aromatic nitrogens is 4. The van der Waals surface area contributed by atoms with Gasteiger partial charge in [-0.1, -0.05) is 12.8 Å². The number of nitrogen functional groups attached to an aromatic ring is 1. The van der Waals surface area contributed by atoms with Crippen molar-refractivity contribution in [3.8, 4) is 5.69 Å². The van der Waals surface area contributed by atoms with Gasteiger partial charge in [-0.2, -0.15) is 4.68 Å². The lowest BCUT2D eigenvalue weighted by Gasteiger charge is -2.10.